The first-order valence-electron chi connectivity index (χ1n) is 18.1. The Balaban J connectivity index is 0.000000843. The van der Waals surface area contributed by atoms with Gasteiger partial charge in [0.25, 0.3) is 0 Å². The molecule has 0 saturated carbocycles. The van der Waals surface area contributed by atoms with Crippen LogP contribution in [0.15, 0.2) is 30.3 Å². The lowest BCUT2D eigenvalue weighted by molar-refractivity contribution is -0.147. The molecule has 0 fully saturated rings. The van der Waals surface area contributed by atoms with Gasteiger partial charge in [-0.1, -0.05) is 148 Å². The maximum atomic E-state index is 11.5. The van der Waals surface area contributed by atoms with Gasteiger partial charge in [-0.2, -0.15) is 0 Å². The predicted octanol–water partition coefficient (Wildman–Crippen LogP) is 11.8. The van der Waals surface area contributed by atoms with Gasteiger partial charge in [-0.05, 0) is 50.5 Å². The molecule has 0 aromatic heterocycles. The zero-order valence-corrected chi connectivity index (χ0v) is 29.3. The van der Waals surface area contributed by atoms with E-state index in [4.69, 9.17) is 14.2 Å². The van der Waals surface area contributed by atoms with E-state index in [2.05, 4.69) is 13.8 Å². The second kappa shape index (κ2) is 32.1. The summed E-state index contributed by atoms with van der Waals surface area (Å²) in [6.45, 7) is 8.81. The number of carbonyl (C=O) groups excluding carboxylic acids is 2. The molecular weight excluding hydrogens is 548 g/mol. The highest BCUT2D eigenvalue weighted by Gasteiger charge is 2.04. The van der Waals surface area contributed by atoms with E-state index in [9.17, 15) is 9.59 Å². The first-order chi connectivity index (χ1) is 21.4. The standard InChI is InChI=1S/C21H42O2.C18H26O3/c1-4-5-6-7-8-9-10-11-12-13-14-15-16-17-18-19-21(22)23-20(2)3;1-3-4-5-6-7-8-15-21-18(19)14-11-16-9-12-17(20-2)13-10-16/h20H,4-19H2,1-3H3;9-14H,3-8,15H2,1-2H3. The number of rotatable bonds is 27. The lowest BCUT2D eigenvalue weighted by Crippen LogP contribution is -2.10. The van der Waals surface area contributed by atoms with Gasteiger partial charge in [0, 0.05) is 12.5 Å². The minimum Gasteiger partial charge on any atom is -0.497 e. The average molecular weight is 617 g/mol. The Bertz CT molecular complexity index is 799. The highest BCUT2D eigenvalue weighted by atomic mass is 16.5. The first-order valence-corrected chi connectivity index (χ1v) is 18.1. The monoisotopic (exact) mass is 617 g/mol. The van der Waals surface area contributed by atoms with Crippen molar-refractivity contribution in [1.82, 2.24) is 0 Å². The van der Waals surface area contributed by atoms with Crippen LogP contribution in [0, 0.1) is 0 Å². The van der Waals surface area contributed by atoms with Crippen molar-refractivity contribution in [3.8, 4) is 5.75 Å². The number of ether oxygens (including phenoxy) is 3. The van der Waals surface area contributed by atoms with Gasteiger partial charge in [0.1, 0.15) is 5.75 Å². The van der Waals surface area contributed by atoms with E-state index in [0.29, 0.717) is 13.0 Å². The molecule has 44 heavy (non-hydrogen) atoms. The molecule has 0 spiro atoms. The Morgan fingerprint density at radius 2 is 1.07 bits per heavy atom. The summed E-state index contributed by atoms with van der Waals surface area (Å²) < 4.78 is 15.4. The molecule has 1 aromatic rings. The van der Waals surface area contributed by atoms with Crippen LogP contribution in [0.3, 0.4) is 0 Å². The largest absolute Gasteiger partial charge is 0.497 e. The second-order valence-corrected chi connectivity index (χ2v) is 12.3. The number of hydrogen-bond acceptors (Lipinski definition) is 5. The molecule has 0 heterocycles. The summed E-state index contributed by atoms with van der Waals surface area (Å²) in [6, 6.07) is 7.52. The van der Waals surface area contributed by atoms with Crippen molar-refractivity contribution in [2.45, 2.75) is 175 Å². The average Bonchev–Trinajstić information content (AvgIpc) is 3.01. The summed E-state index contributed by atoms with van der Waals surface area (Å²) in [7, 11) is 1.63. The van der Waals surface area contributed by atoms with Crippen molar-refractivity contribution in [1.29, 1.82) is 0 Å². The highest BCUT2D eigenvalue weighted by Crippen LogP contribution is 2.14. The van der Waals surface area contributed by atoms with E-state index < -0.39 is 0 Å². The molecule has 0 aliphatic rings. The van der Waals surface area contributed by atoms with Gasteiger partial charge in [0.2, 0.25) is 0 Å². The quantitative estimate of drug-likeness (QED) is 0.0559. The molecule has 254 valence electrons. The van der Waals surface area contributed by atoms with Crippen LogP contribution in [0.25, 0.3) is 6.08 Å². The van der Waals surface area contributed by atoms with Crippen LogP contribution in [0.2, 0.25) is 0 Å². The molecule has 0 N–H and O–H groups in total. The van der Waals surface area contributed by atoms with E-state index in [1.54, 1.807) is 13.2 Å². The van der Waals surface area contributed by atoms with Crippen LogP contribution in [0.4, 0.5) is 0 Å². The number of benzene rings is 1. The minimum atomic E-state index is -0.278. The van der Waals surface area contributed by atoms with Crippen molar-refractivity contribution < 1.29 is 23.8 Å². The van der Waals surface area contributed by atoms with Crippen LogP contribution in [-0.4, -0.2) is 31.8 Å². The fourth-order valence-electron chi connectivity index (χ4n) is 4.95. The van der Waals surface area contributed by atoms with Crippen LogP contribution >= 0.6 is 0 Å². The zero-order chi connectivity index (χ0) is 32.5. The molecule has 1 rings (SSSR count). The molecule has 0 atom stereocenters. The topological polar surface area (TPSA) is 61.8 Å². The Morgan fingerprint density at radius 1 is 0.636 bits per heavy atom. The summed E-state index contributed by atoms with van der Waals surface area (Å²) >= 11 is 0. The van der Waals surface area contributed by atoms with E-state index in [-0.39, 0.29) is 18.0 Å². The van der Waals surface area contributed by atoms with E-state index in [1.807, 2.05) is 38.1 Å². The molecule has 0 saturated heterocycles. The van der Waals surface area contributed by atoms with E-state index in [0.717, 1.165) is 30.6 Å². The number of hydrogen-bond donors (Lipinski definition) is 0. The summed E-state index contributed by atoms with van der Waals surface area (Å²) in [6.07, 6.45) is 31.3. The second-order valence-electron chi connectivity index (χ2n) is 12.3. The van der Waals surface area contributed by atoms with E-state index in [1.165, 1.54) is 122 Å². The molecule has 0 aliphatic heterocycles. The normalized spacial score (nSPS) is 11.0. The molecular formula is C39H68O5. The van der Waals surface area contributed by atoms with Gasteiger partial charge in [-0.15, -0.1) is 0 Å². The van der Waals surface area contributed by atoms with Crippen LogP contribution < -0.4 is 4.74 Å². The van der Waals surface area contributed by atoms with Gasteiger partial charge >= 0.3 is 11.9 Å². The maximum Gasteiger partial charge on any atom is 0.330 e. The predicted molar refractivity (Wildman–Crippen MR) is 187 cm³/mol. The smallest absolute Gasteiger partial charge is 0.330 e. The minimum absolute atomic E-state index is 0.0267. The van der Waals surface area contributed by atoms with Gasteiger partial charge in [-0.3, -0.25) is 4.79 Å². The Kier molecular flexibility index (Phi) is 30.4. The lowest BCUT2D eigenvalue weighted by atomic mass is 10.0. The van der Waals surface area contributed by atoms with E-state index >= 15 is 0 Å². The fourth-order valence-corrected chi connectivity index (χ4v) is 4.95. The SMILES string of the molecule is CCCCCCCCCCCCCCCCCC(=O)OC(C)C.CCCCCCCCOC(=O)C=Cc1ccc(OC)cc1. The van der Waals surface area contributed by atoms with Crippen molar-refractivity contribution in [2.24, 2.45) is 0 Å². The zero-order valence-electron chi connectivity index (χ0n) is 29.3. The van der Waals surface area contributed by atoms with Crippen LogP contribution in [-0.2, 0) is 19.1 Å². The van der Waals surface area contributed by atoms with Crippen molar-refractivity contribution in [3.05, 3.63) is 35.9 Å². The van der Waals surface area contributed by atoms with Gasteiger partial charge < -0.3 is 14.2 Å². The molecule has 0 amide bonds. The first kappa shape index (κ1) is 41.7. The molecule has 0 unspecified atom stereocenters. The number of methoxy groups -OCH3 is 1. The molecule has 5 nitrogen and oxygen atoms in total. The van der Waals surface area contributed by atoms with Crippen molar-refractivity contribution in [2.75, 3.05) is 13.7 Å². The Labute approximate surface area is 271 Å². The number of unbranched alkanes of at least 4 members (excludes halogenated alkanes) is 19. The summed E-state index contributed by atoms with van der Waals surface area (Å²) in [5, 5.41) is 0. The third-order valence-electron chi connectivity index (χ3n) is 7.62. The third-order valence-corrected chi connectivity index (χ3v) is 7.62. The summed E-state index contributed by atoms with van der Waals surface area (Å²) in [5.41, 5.74) is 0.951. The maximum absolute atomic E-state index is 11.5. The van der Waals surface area contributed by atoms with Gasteiger partial charge in [0.05, 0.1) is 19.8 Å². The number of carbonyl (C=O) groups is 2. The Hall–Kier alpha value is -2.30. The molecule has 0 bridgehead atoms. The van der Waals surface area contributed by atoms with Crippen molar-refractivity contribution in [3.63, 3.8) is 0 Å². The molecule has 0 aliphatic carbocycles. The summed E-state index contributed by atoms with van der Waals surface area (Å²) in [5.74, 6) is 0.492. The molecule has 1 aromatic carbocycles. The highest BCUT2D eigenvalue weighted by molar-refractivity contribution is 5.87. The lowest BCUT2D eigenvalue weighted by Gasteiger charge is -2.07. The molecule has 0 radical (unpaired) electrons. The van der Waals surface area contributed by atoms with Crippen LogP contribution in [0.5, 0.6) is 5.75 Å². The van der Waals surface area contributed by atoms with Gasteiger partial charge in [0.15, 0.2) is 0 Å². The Morgan fingerprint density at radius 3 is 1.50 bits per heavy atom. The van der Waals surface area contributed by atoms with Gasteiger partial charge in [-0.25, -0.2) is 4.79 Å². The molecule has 5 heteroatoms. The van der Waals surface area contributed by atoms with Crippen LogP contribution in [0.1, 0.15) is 175 Å². The summed E-state index contributed by atoms with van der Waals surface area (Å²) in [4.78, 5) is 22.9. The third kappa shape index (κ3) is 29.8. The fraction of sp³-hybridized carbons (Fsp3) is 0.744. The van der Waals surface area contributed by atoms with Crippen molar-refractivity contribution >= 4 is 18.0 Å². The number of esters is 2.